The fraction of sp³-hybridized carbons (Fsp3) is 0.360. The Morgan fingerprint density at radius 2 is 1.84 bits per heavy atom. The molecule has 2 amide bonds. The predicted molar refractivity (Wildman–Crippen MR) is 124 cm³/mol. The van der Waals surface area contributed by atoms with E-state index in [2.05, 4.69) is 39.5 Å². The van der Waals surface area contributed by atoms with Crippen LogP contribution in [-0.2, 0) is 13.6 Å². The van der Waals surface area contributed by atoms with E-state index in [0.29, 0.717) is 6.54 Å². The van der Waals surface area contributed by atoms with E-state index in [-0.39, 0.29) is 6.03 Å². The lowest BCUT2D eigenvalue weighted by Gasteiger charge is -2.26. The number of nitrogens with one attached hydrogen (secondary N) is 1. The van der Waals surface area contributed by atoms with Crippen molar-refractivity contribution in [3.05, 3.63) is 83.9 Å². The fourth-order valence-corrected chi connectivity index (χ4v) is 4.23. The number of carbonyl (C=O) groups excluding carboxylic acids is 1. The Balaban J connectivity index is 1.47. The van der Waals surface area contributed by atoms with Gasteiger partial charge in [0.25, 0.3) is 0 Å². The van der Waals surface area contributed by atoms with Gasteiger partial charge in [-0.2, -0.15) is 0 Å². The van der Waals surface area contributed by atoms with Crippen LogP contribution in [0.25, 0.3) is 0 Å². The zero-order chi connectivity index (χ0) is 22.3. The van der Waals surface area contributed by atoms with Crippen LogP contribution in [0.2, 0.25) is 0 Å². The topological polar surface area (TPSA) is 62.6 Å². The van der Waals surface area contributed by atoms with Crippen LogP contribution in [0.15, 0.2) is 67.0 Å². The summed E-state index contributed by atoms with van der Waals surface area (Å²) in [7, 11) is 3.58. The number of aryl methyl sites for hydroxylation is 1. The van der Waals surface area contributed by atoms with E-state index in [1.165, 1.54) is 5.56 Å². The minimum atomic E-state index is -0.401. The lowest BCUT2D eigenvalue weighted by atomic mass is 10.0. The summed E-state index contributed by atoms with van der Waals surface area (Å²) >= 11 is 0. The highest BCUT2D eigenvalue weighted by atomic mass is 16.5. The summed E-state index contributed by atoms with van der Waals surface area (Å²) in [6.07, 6.45) is 4.58. The standard InChI is InChI=1S/C25H31N5O2/c1-28-16-13-26-24(28)23(21-11-6-7-12-22(21)32-2)27-25(31)30-15-8-14-29(17-18-30)19-20-9-4-3-5-10-20/h3-7,9-13,16,23H,8,14-15,17-19H2,1-2H3,(H,27,31). The molecule has 1 unspecified atom stereocenters. The van der Waals surface area contributed by atoms with Crippen LogP contribution in [0.5, 0.6) is 5.75 Å². The first-order valence-electron chi connectivity index (χ1n) is 11.1. The molecule has 1 saturated heterocycles. The number of rotatable bonds is 6. The minimum absolute atomic E-state index is 0.0783. The minimum Gasteiger partial charge on any atom is -0.496 e. The fourth-order valence-electron chi connectivity index (χ4n) is 4.23. The van der Waals surface area contributed by atoms with Crippen LogP contribution in [0.4, 0.5) is 4.79 Å². The Morgan fingerprint density at radius 1 is 1.06 bits per heavy atom. The molecule has 1 aliphatic rings. The van der Waals surface area contributed by atoms with Gasteiger partial charge in [-0.15, -0.1) is 0 Å². The summed E-state index contributed by atoms with van der Waals surface area (Å²) in [5.74, 6) is 1.49. The van der Waals surface area contributed by atoms with E-state index >= 15 is 0 Å². The molecular formula is C25H31N5O2. The summed E-state index contributed by atoms with van der Waals surface area (Å²) in [6, 6.07) is 17.8. The van der Waals surface area contributed by atoms with E-state index in [4.69, 9.17) is 4.74 Å². The molecule has 0 bridgehead atoms. The summed E-state index contributed by atoms with van der Waals surface area (Å²) in [5.41, 5.74) is 2.19. The van der Waals surface area contributed by atoms with Gasteiger partial charge in [0.15, 0.2) is 0 Å². The molecule has 2 heterocycles. The number of urea groups is 1. The number of aromatic nitrogens is 2. The Bertz CT molecular complexity index is 1020. The van der Waals surface area contributed by atoms with Crippen molar-refractivity contribution in [1.29, 1.82) is 0 Å². The van der Waals surface area contributed by atoms with Crippen molar-refractivity contribution >= 4 is 6.03 Å². The van der Waals surface area contributed by atoms with Crippen molar-refractivity contribution in [2.45, 2.75) is 19.0 Å². The van der Waals surface area contributed by atoms with Crippen LogP contribution < -0.4 is 10.1 Å². The third kappa shape index (κ3) is 5.11. The van der Waals surface area contributed by atoms with Crippen molar-refractivity contribution in [3.63, 3.8) is 0 Å². The number of carbonyl (C=O) groups is 1. The third-order valence-corrected chi connectivity index (χ3v) is 5.96. The Morgan fingerprint density at radius 3 is 2.59 bits per heavy atom. The van der Waals surface area contributed by atoms with Gasteiger partial charge in [-0.05, 0) is 18.1 Å². The van der Waals surface area contributed by atoms with Gasteiger partial charge in [-0.25, -0.2) is 9.78 Å². The van der Waals surface area contributed by atoms with Crippen molar-refractivity contribution < 1.29 is 9.53 Å². The molecule has 32 heavy (non-hydrogen) atoms. The van der Waals surface area contributed by atoms with Gasteiger partial charge in [0, 0.05) is 57.7 Å². The maximum atomic E-state index is 13.3. The van der Waals surface area contributed by atoms with Crippen LogP contribution in [0.1, 0.15) is 29.4 Å². The zero-order valence-electron chi connectivity index (χ0n) is 18.8. The number of imidazole rings is 1. The molecule has 0 aliphatic carbocycles. The molecule has 1 aromatic heterocycles. The summed E-state index contributed by atoms with van der Waals surface area (Å²) < 4.78 is 7.51. The number of para-hydroxylation sites is 1. The number of nitrogens with zero attached hydrogens (tertiary/aromatic N) is 4. The van der Waals surface area contributed by atoms with Crippen molar-refractivity contribution in [2.75, 3.05) is 33.3 Å². The SMILES string of the molecule is COc1ccccc1C(NC(=O)N1CCCN(Cc2ccccc2)CC1)c1nccn1C. The lowest BCUT2D eigenvalue weighted by molar-refractivity contribution is 0.194. The molecule has 7 heteroatoms. The molecule has 168 valence electrons. The van der Waals surface area contributed by atoms with Crippen LogP contribution >= 0.6 is 0 Å². The molecule has 3 aromatic rings. The molecule has 1 aliphatic heterocycles. The first kappa shape index (κ1) is 21.9. The number of methoxy groups -OCH3 is 1. The van der Waals surface area contributed by atoms with Crippen LogP contribution in [0.3, 0.4) is 0 Å². The molecule has 0 saturated carbocycles. The van der Waals surface area contributed by atoms with E-state index in [1.807, 2.05) is 53.0 Å². The van der Waals surface area contributed by atoms with Crippen LogP contribution in [-0.4, -0.2) is 58.7 Å². The van der Waals surface area contributed by atoms with Gasteiger partial charge < -0.3 is 19.5 Å². The van der Waals surface area contributed by atoms with E-state index in [9.17, 15) is 4.79 Å². The molecule has 1 fully saturated rings. The molecule has 0 spiro atoms. The number of benzene rings is 2. The largest absolute Gasteiger partial charge is 0.496 e. The second kappa shape index (κ2) is 10.3. The van der Waals surface area contributed by atoms with Gasteiger partial charge >= 0.3 is 6.03 Å². The smallest absolute Gasteiger partial charge is 0.318 e. The molecule has 0 radical (unpaired) electrons. The number of ether oxygens (including phenoxy) is 1. The number of amides is 2. The summed E-state index contributed by atoms with van der Waals surface area (Å²) in [6.45, 7) is 4.17. The summed E-state index contributed by atoms with van der Waals surface area (Å²) in [5, 5.41) is 3.22. The maximum Gasteiger partial charge on any atom is 0.318 e. The number of hydrogen-bond acceptors (Lipinski definition) is 4. The average Bonchev–Trinajstić information content (AvgIpc) is 3.10. The van der Waals surface area contributed by atoms with Gasteiger partial charge in [0.1, 0.15) is 17.6 Å². The van der Waals surface area contributed by atoms with Crippen LogP contribution in [0, 0.1) is 0 Å². The van der Waals surface area contributed by atoms with Crippen molar-refractivity contribution in [3.8, 4) is 5.75 Å². The normalized spacial score (nSPS) is 15.8. The maximum absolute atomic E-state index is 13.3. The molecule has 1 N–H and O–H groups in total. The Labute approximate surface area is 189 Å². The van der Waals surface area contributed by atoms with E-state index < -0.39 is 6.04 Å². The first-order valence-corrected chi connectivity index (χ1v) is 11.1. The van der Waals surface area contributed by atoms with Gasteiger partial charge in [0.2, 0.25) is 0 Å². The van der Waals surface area contributed by atoms with Crippen molar-refractivity contribution in [1.82, 2.24) is 24.7 Å². The first-order chi connectivity index (χ1) is 15.7. The molecular weight excluding hydrogens is 402 g/mol. The second-order valence-corrected chi connectivity index (χ2v) is 8.12. The van der Waals surface area contributed by atoms with Gasteiger partial charge in [0.05, 0.1) is 7.11 Å². The van der Waals surface area contributed by atoms with E-state index in [1.54, 1.807) is 13.3 Å². The molecule has 7 nitrogen and oxygen atoms in total. The quantitative estimate of drug-likeness (QED) is 0.647. The monoisotopic (exact) mass is 433 g/mol. The second-order valence-electron chi connectivity index (χ2n) is 8.12. The Hall–Kier alpha value is -3.32. The average molecular weight is 434 g/mol. The zero-order valence-corrected chi connectivity index (χ0v) is 18.8. The Kier molecular flexibility index (Phi) is 7.07. The molecule has 4 rings (SSSR count). The van der Waals surface area contributed by atoms with Gasteiger partial charge in [-0.3, -0.25) is 4.90 Å². The highest BCUT2D eigenvalue weighted by molar-refractivity contribution is 5.75. The van der Waals surface area contributed by atoms with Crippen molar-refractivity contribution in [2.24, 2.45) is 7.05 Å². The van der Waals surface area contributed by atoms with E-state index in [0.717, 1.165) is 49.7 Å². The number of hydrogen-bond donors (Lipinski definition) is 1. The predicted octanol–water partition coefficient (Wildman–Crippen LogP) is 3.44. The highest BCUT2D eigenvalue weighted by Crippen LogP contribution is 2.29. The third-order valence-electron chi connectivity index (χ3n) is 5.96. The molecule has 1 atom stereocenters. The molecule has 2 aromatic carbocycles. The highest BCUT2D eigenvalue weighted by Gasteiger charge is 2.27. The van der Waals surface area contributed by atoms with Gasteiger partial charge in [-0.1, -0.05) is 48.5 Å². The summed E-state index contributed by atoms with van der Waals surface area (Å²) in [4.78, 5) is 22.2. The lowest BCUT2D eigenvalue weighted by Crippen LogP contribution is -2.44.